The number of hydrogen-bond donors (Lipinski definition) is 2. The summed E-state index contributed by atoms with van der Waals surface area (Å²) in [5.41, 5.74) is 2.71. The molecule has 108 valence electrons. The Kier molecular flexibility index (Phi) is 4.72. The average Bonchev–Trinajstić information content (AvgIpc) is 2.54. The molecule has 0 saturated carbocycles. The summed E-state index contributed by atoms with van der Waals surface area (Å²) in [7, 11) is 1.86. The third-order valence-electron chi connectivity index (χ3n) is 3.26. The molecular formula is C16H19N5. The van der Waals surface area contributed by atoms with Crippen molar-refractivity contribution in [1.82, 2.24) is 9.97 Å². The van der Waals surface area contributed by atoms with Crippen LogP contribution in [0.3, 0.4) is 0 Å². The highest BCUT2D eigenvalue weighted by atomic mass is 15.1. The van der Waals surface area contributed by atoms with Crippen molar-refractivity contribution < 1.29 is 0 Å². The lowest BCUT2D eigenvalue weighted by atomic mass is 10.1. The molecule has 1 aromatic heterocycles. The number of aromatic nitrogens is 2. The second kappa shape index (κ2) is 6.71. The molecule has 0 aliphatic heterocycles. The standard InChI is InChI=1S/C16H19N5/c1-4-14-20-15(18-3)11(2)16(21-14)19-10-13-7-5-6-12(8-13)9-17/h5-8H,4,10H2,1-3H3,(H2,18,19,20,21). The zero-order chi connectivity index (χ0) is 15.2. The highest BCUT2D eigenvalue weighted by Crippen LogP contribution is 2.20. The van der Waals surface area contributed by atoms with E-state index in [0.29, 0.717) is 12.1 Å². The maximum absolute atomic E-state index is 8.93. The van der Waals surface area contributed by atoms with Gasteiger partial charge in [-0.3, -0.25) is 0 Å². The highest BCUT2D eigenvalue weighted by molar-refractivity contribution is 5.57. The number of hydrogen-bond acceptors (Lipinski definition) is 5. The summed E-state index contributed by atoms with van der Waals surface area (Å²) >= 11 is 0. The van der Waals surface area contributed by atoms with E-state index in [1.807, 2.05) is 39.1 Å². The summed E-state index contributed by atoms with van der Waals surface area (Å²) in [6.45, 7) is 4.64. The van der Waals surface area contributed by atoms with E-state index in [1.165, 1.54) is 0 Å². The monoisotopic (exact) mass is 281 g/mol. The average molecular weight is 281 g/mol. The summed E-state index contributed by atoms with van der Waals surface area (Å²) in [5.74, 6) is 2.47. The van der Waals surface area contributed by atoms with Gasteiger partial charge in [0.2, 0.25) is 0 Å². The molecule has 1 heterocycles. The van der Waals surface area contributed by atoms with Gasteiger partial charge in [-0.2, -0.15) is 5.26 Å². The molecule has 0 unspecified atom stereocenters. The number of nitrogens with one attached hydrogen (secondary N) is 2. The first-order valence-corrected chi connectivity index (χ1v) is 6.96. The minimum atomic E-state index is 0.625. The maximum atomic E-state index is 8.93. The van der Waals surface area contributed by atoms with Crippen LogP contribution in [-0.2, 0) is 13.0 Å². The van der Waals surface area contributed by atoms with Crippen LogP contribution in [0.25, 0.3) is 0 Å². The normalized spacial score (nSPS) is 10.0. The van der Waals surface area contributed by atoms with E-state index in [-0.39, 0.29) is 0 Å². The molecule has 2 N–H and O–H groups in total. The van der Waals surface area contributed by atoms with Crippen LogP contribution in [0.2, 0.25) is 0 Å². The molecule has 0 radical (unpaired) electrons. The first kappa shape index (κ1) is 14.8. The van der Waals surface area contributed by atoms with Gasteiger partial charge in [0.25, 0.3) is 0 Å². The van der Waals surface area contributed by atoms with Crippen molar-refractivity contribution in [2.24, 2.45) is 0 Å². The second-order valence-electron chi connectivity index (χ2n) is 4.73. The fraction of sp³-hybridized carbons (Fsp3) is 0.312. The van der Waals surface area contributed by atoms with Crippen molar-refractivity contribution in [3.05, 3.63) is 46.8 Å². The van der Waals surface area contributed by atoms with Crippen molar-refractivity contribution in [3.63, 3.8) is 0 Å². The summed E-state index contributed by atoms with van der Waals surface area (Å²) < 4.78 is 0. The van der Waals surface area contributed by atoms with Crippen LogP contribution in [0.4, 0.5) is 11.6 Å². The van der Waals surface area contributed by atoms with Crippen molar-refractivity contribution in [3.8, 4) is 6.07 Å². The van der Waals surface area contributed by atoms with Crippen LogP contribution < -0.4 is 10.6 Å². The molecule has 0 aliphatic rings. The Hall–Kier alpha value is -2.61. The van der Waals surface area contributed by atoms with Crippen molar-refractivity contribution in [2.75, 3.05) is 17.7 Å². The topological polar surface area (TPSA) is 73.6 Å². The third kappa shape index (κ3) is 3.48. The van der Waals surface area contributed by atoms with Gasteiger partial charge in [0.1, 0.15) is 17.5 Å². The number of rotatable bonds is 5. The fourth-order valence-corrected chi connectivity index (χ4v) is 2.07. The van der Waals surface area contributed by atoms with Crippen LogP contribution in [-0.4, -0.2) is 17.0 Å². The van der Waals surface area contributed by atoms with Crippen molar-refractivity contribution >= 4 is 11.6 Å². The van der Waals surface area contributed by atoms with E-state index >= 15 is 0 Å². The van der Waals surface area contributed by atoms with Crippen LogP contribution >= 0.6 is 0 Å². The Bertz CT molecular complexity index is 673. The van der Waals surface area contributed by atoms with E-state index in [1.54, 1.807) is 6.07 Å². The number of anilines is 2. The Labute approximate surface area is 125 Å². The van der Waals surface area contributed by atoms with Crippen LogP contribution in [0.1, 0.15) is 29.4 Å². The van der Waals surface area contributed by atoms with Crippen LogP contribution in [0.15, 0.2) is 24.3 Å². The fourth-order valence-electron chi connectivity index (χ4n) is 2.07. The largest absolute Gasteiger partial charge is 0.373 e. The summed E-state index contributed by atoms with van der Waals surface area (Å²) in [6.07, 6.45) is 0.785. The lowest BCUT2D eigenvalue weighted by Crippen LogP contribution is -2.09. The number of nitriles is 1. The van der Waals surface area contributed by atoms with E-state index in [0.717, 1.165) is 35.0 Å². The van der Waals surface area contributed by atoms with Crippen molar-refractivity contribution in [2.45, 2.75) is 26.8 Å². The quantitative estimate of drug-likeness (QED) is 0.881. The van der Waals surface area contributed by atoms with E-state index in [9.17, 15) is 0 Å². The molecule has 21 heavy (non-hydrogen) atoms. The third-order valence-corrected chi connectivity index (χ3v) is 3.26. The molecule has 0 aliphatic carbocycles. The van der Waals surface area contributed by atoms with Gasteiger partial charge in [0, 0.05) is 25.6 Å². The lowest BCUT2D eigenvalue weighted by Gasteiger charge is -2.13. The summed E-state index contributed by atoms with van der Waals surface area (Å²) in [4.78, 5) is 8.98. The van der Waals surface area contributed by atoms with Gasteiger partial charge in [0.05, 0.1) is 11.6 Å². The first-order valence-electron chi connectivity index (χ1n) is 6.96. The summed E-state index contributed by atoms with van der Waals surface area (Å²) in [5, 5.41) is 15.4. The molecule has 0 atom stereocenters. The van der Waals surface area contributed by atoms with Gasteiger partial charge in [-0.1, -0.05) is 19.1 Å². The lowest BCUT2D eigenvalue weighted by molar-refractivity contribution is 0.924. The SMILES string of the molecule is CCc1nc(NC)c(C)c(NCc2cccc(C#N)c2)n1. The van der Waals surface area contributed by atoms with E-state index in [2.05, 4.69) is 26.7 Å². The second-order valence-corrected chi connectivity index (χ2v) is 4.73. The van der Waals surface area contributed by atoms with Crippen LogP contribution in [0, 0.1) is 18.3 Å². The smallest absolute Gasteiger partial charge is 0.135 e. The predicted molar refractivity (Wildman–Crippen MR) is 84.2 cm³/mol. The van der Waals surface area contributed by atoms with Gasteiger partial charge in [-0.25, -0.2) is 9.97 Å². The Morgan fingerprint density at radius 1 is 1.24 bits per heavy atom. The minimum absolute atomic E-state index is 0.625. The molecule has 2 rings (SSSR count). The number of aryl methyl sites for hydroxylation is 1. The molecule has 0 bridgehead atoms. The van der Waals surface area contributed by atoms with E-state index in [4.69, 9.17) is 5.26 Å². The molecule has 0 fully saturated rings. The minimum Gasteiger partial charge on any atom is -0.373 e. The molecule has 2 aromatic rings. The Morgan fingerprint density at radius 3 is 2.67 bits per heavy atom. The Balaban J connectivity index is 2.21. The molecule has 0 amide bonds. The maximum Gasteiger partial charge on any atom is 0.135 e. The summed E-state index contributed by atoms with van der Waals surface area (Å²) in [6, 6.07) is 9.71. The zero-order valence-electron chi connectivity index (χ0n) is 12.6. The van der Waals surface area contributed by atoms with Gasteiger partial charge in [0.15, 0.2) is 0 Å². The zero-order valence-corrected chi connectivity index (χ0v) is 12.6. The molecular weight excluding hydrogens is 262 g/mol. The van der Waals surface area contributed by atoms with E-state index < -0.39 is 0 Å². The van der Waals surface area contributed by atoms with Gasteiger partial charge >= 0.3 is 0 Å². The Morgan fingerprint density at radius 2 is 2.00 bits per heavy atom. The van der Waals surface area contributed by atoms with Crippen LogP contribution in [0.5, 0.6) is 0 Å². The van der Waals surface area contributed by atoms with Gasteiger partial charge in [-0.15, -0.1) is 0 Å². The molecule has 0 spiro atoms. The van der Waals surface area contributed by atoms with Gasteiger partial charge in [-0.05, 0) is 24.6 Å². The van der Waals surface area contributed by atoms with Gasteiger partial charge < -0.3 is 10.6 Å². The first-order chi connectivity index (χ1) is 10.2. The number of nitrogens with zero attached hydrogens (tertiary/aromatic N) is 3. The molecule has 5 nitrogen and oxygen atoms in total. The number of benzene rings is 1. The highest BCUT2D eigenvalue weighted by Gasteiger charge is 2.09. The molecule has 5 heteroatoms. The molecule has 1 aromatic carbocycles. The van der Waals surface area contributed by atoms with Crippen molar-refractivity contribution in [1.29, 1.82) is 5.26 Å². The molecule has 0 saturated heterocycles. The predicted octanol–water partition coefficient (Wildman–Crippen LogP) is 2.87.